The Labute approximate surface area is 124 Å². The van der Waals surface area contributed by atoms with Crippen LogP contribution in [0, 0.1) is 23.2 Å². The van der Waals surface area contributed by atoms with Gasteiger partial charge in [-0.25, -0.2) is 0 Å². The third kappa shape index (κ3) is 2.79. The second kappa shape index (κ2) is 5.98. The second-order valence-electron chi connectivity index (χ2n) is 7.23. The molecule has 0 aliphatic heterocycles. The predicted molar refractivity (Wildman–Crippen MR) is 81.7 cm³/mol. The van der Waals surface area contributed by atoms with Crippen molar-refractivity contribution in [3.8, 4) is 0 Å². The van der Waals surface area contributed by atoms with Gasteiger partial charge >= 0.3 is 0 Å². The number of aliphatic hydroxyl groups is 2. The highest BCUT2D eigenvalue weighted by Gasteiger charge is 2.55. The molecule has 114 valence electrons. The summed E-state index contributed by atoms with van der Waals surface area (Å²) in [7, 11) is -0.117. The van der Waals surface area contributed by atoms with Gasteiger partial charge in [-0.1, -0.05) is 0 Å². The first-order valence-corrected chi connectivity index (χ1v) is 9.77. The Kier molecular flexibility index (Phi) is 4.44. The summed E-state index contributed by atoms with van der Waals surface area (Å²) in [4.78, 5) is 12.9. The molecule has 0 aromatic rings. The Morgan fingerprint density at radius 2 is 1.40 bits per heavy atom. The third-order valence-corrected chi connectivity index (χ3v) is 7.92. The van der Waals surface area contributed by atoms with Crippen LogP contribution in [-0.2, 0) is 15.7 Å². The zero-order chi connectivity index (χ0) is 14.2. The van der Waals surface area contributed by atoms with Gasteiger partial charge in [0.1, 0.15) is 11.5 Å². The average molecular weight is 299 g/mol. The molecule has 4 heteroatoms. The summed E-state index contributed by atoms with van der Waals surface area (Å²) in [5.41, 5.74) is -0.00902. The number of hydrogen-bond acceptors (Lipinski definition) is 3. The van der Waals surface area contributed by atoms with Gasteiger partial charge < -0.3 is 10.2 Å². The summed E-state index contributed by atoms with van der Waals surface area (Å²) >= 11 is 0. The maximum absolute atomic E-state index is 12.9. The molecule has 4 bridgehead atoms. The Balaban J connectivity index is 1.67. The van der Waals surface area contributed by atoms with Gasteiger partial charge in [0.25, 0.3) is 0 Å². The Bertz CT molecular complexity index is 327. The fraction of sp³-hybridized carbons (Fsp3) is 0.938. The molecular weight excluding hydrogens is 272 g/mol. The fourth-order valence-electron chi connectivity index (χ4n) is 5.30. The molecule has 0 atom stereocenters. The summed E-state index contributed by atoms with van der Waals surface area (Å²) in [6.07, 6.45) is 7.50. The van der Waals surface area contributed by atoms with E-state index in [1.807, 2.05) is 0 Å². The Hall–Kier alpha value is -0.0600. The number of rotatable bonds is 7. The van der Waals surface area contributed by atoms with Gasteiger partial charge in [0.05, 0.1) is 13.2 Å². The first-order valence-electron chi connectivity index (χ1n) is 8.04. The quantitative estimate of drug-likeness (QED) is 0.698. The van der Waals surface area contributed by atoms with E-state index >= 15 is 0 Å². The SMILES string of the molecule is O=C(C[S+](CCO)CCO)C12CC3CC(CC(C3)C1)C2. The third-order valence-electron chi connectivity index (χ3n) is 5.72. The highest BCUT2D eigenvalue weighted by Crippen LogP contribution is 2.60. The highest BCUT2D eigenvalue weighted by atomic mass is 32.2. The molecule has 4 rings (SSSR count). The molecule has 0 heterocycles. The zero-order valence-electron chi connectivity index (χ0n) is 12.2. The van der Waals surface area contributed by atoms with Gasteiger partial charge in [-0.15, -0.1) is 0 Å². The van der Waals surface area contributed by atoms with Gasteiger partial charge in [-0.05, 0) is 67.2 Å². The van der Waals surface area contributed by atoms with Crippen molar-refractivity contribution in [1.82, 2.24) is 0 Å². The van der Waals surface area contributed by atoms with Crippen molar-refractivity contribution in [2.75, 3.05) is 30.5 Å². The monoisotopic (exact) mass is 299 g/mol. The maximum atomic E-state index is 12.9. The maximum Gasteiger partial charge on any atom is 0.187 e. The van der Waals surface area contributed by atoms with Crippen LogP contribution in [0.15, 0.2) is 0 Å². The van der Waals surface area contributed by atoms with Gasteiger partial charge in [0.2, 0.25) is 0 Å². The van der Waals surface area contributed by atoms with Crippen LogP contribution in [0.25, 0.3) is 0 Å². The lowest BCUT2D eigenvalue weighted by molar-refractivity contribution is -0.141. The Morgan fingerprint density at radius 1 is 0.950 bits per heavy atom. The lowest BCUT2D eigenvalue weighted by Crippen LogP contribution is -2.51. The molecule has 0 amide bonds. The van der Waals surface area contributed by atoms with Gasteiger partial charge in [0, 0.05) is 5.41 Å². The van der Waals surface area contributed by atoms with Crippen molar-refractivity contribution in [2.45, 2.75) is 38.5 Å². The highest BCUT2D eigenvalue weighted by molar-refractivity contribution is 7.97. The summed E-state index contributed by atoms with van der Waals surface area (Å²) < 4.78 is 0. The van der Waals surface area contributed by atoms with E-state index in [-0.39, 0.29) is 29.5 Å². The van der Waals surface area contributed by atoms with Gasteiger partial charge in [-0.2, -0.15) is 0 Å². The van der Waals surface area contributed by atoms with E-state index < -0.39 is 0 Å². The first kappa shape index (κ1) is 14.9. The van der Waals surface area contributed by atoms with Crippen LogP contribution in [0.1, 0.15) is 38.5 Å². The van der Waals surface area contributed by atoms with Crippen LogP contribution in [0.2, 0.25) is 0 Å². The van der Waals surface area contributed by atoms with E-state index in [1.165, 1.54) is 19.3 Å². The van der Waals surface area contributed by atoms with E-state index in [0.717, 1.165) is 37.0 Å². The minimum absolute atomic E-state index is 0.00902. The van der Waals surface area contributed by atoms with Crippen LogP contribution in [0.3, 0.4) is 0 Å². The van der Waals surface area contributed by atoms with Crippen LogP contribution in [0.4, 0.5) is 0 Å². The topological polar surface area (TPSA) is 57.5 Å². The molecule has 4 saturated carbocycles. The summed E-state index contributed by atoms with van der Waals surface area (Å²) in [6, 6.07) is 0. The molecule has 20 heavy (non-hydrogen) atoms. The van der Waals surface area contributed by atoms with Crippen molar-refractivity contribution in [1.29, 1.82) is 0 Å². The number of aliphatic hydroxyl groups excluding tert-OH is 2. The largest absolute Gasteiger partial charge is 0.391 e. The van der Waals surface area contributed by atoms with Crippen LogP contribution < -0.4 is 0 Å². The number of Topliss-reactive ketones (excluding diaryl/α,β-unsaturated/α-hetero) is 1. The molecule has 4 aliphatic rings. The summed E-state index contributed by atoms with van der Waals surface area (Å²) in [5.74, 6) is 4.85. The van der Waals surface area contributed by atoms with Crippen LogP contribution in [0.5, 0.6) is 0 Å². The average Bonchev–Trinajstić information content (AvgIpc) is 2.37. The summed E-state index contributed by atoms with van der Waals surface area (Å²) in [5, 5.41) is 18.2. The molecular formula is C16H27O3S+. The molecule has 0 aromatic carbocycles. The van der Waals surface area contributed by atoms with Gasteiger partial charge in [-0.3, -0.25) is 4.79 Å². The standard InChI is InChI=1S/C16H27O3S/c17-1-3-20(4-2-18)11-15(19)16-8-12-5-13(9-16)7-14(6-12)10-16/h12-14,17-18H,1-11H2/q+1. The molecule has 4 fully saturated rings. The molecule has 0 spiro atoms. The molecule has 0 aromatic heterocycles. The summed E-state index contributed by atoms with van der Waals surface area (Å²) in [6.45, 7) is 0.272. The van der Waals surface area contributed by atoms with Crippen molar-refractivity contribution in [3.05, 3.63) is 0 Å². The molecule has 0 unspecified atom stereocenters. The van der Waals surface area contributed by atoms with Crippen LogP contribution in [-0.4, -0.2) is 46.5 Å². The number of carbonyl (C=O) groups excluding carboxylic acids is 1. The molecule has 0 radical (unpaired) electrons. The Morgan fingerprint density at radius 3 is 1.80 bits per heavy atom. The normalized spacial score (nSPS) is 38.6. The lowest BCUT2D eigenvalue weighted by atomic mass is 9.48. The minimum atomic E-state index is -0.117. The molecule has 2 N–H and O–H groups in total. The van der Waals surface area contributed by atoms with Gasteiger partial charge in [0.15, 0.2) is 11.5 Å². The van der Waals surface area contributed by atoms with Crippen molar-refractivity contribution in [2.24, 2.45) is 23.2 Å². The number of hydrogen-bond donors (Lipinski definition) is 2. The minimum Gasteiger partial charge on any atom is -0.391 e. The molecule has 3 nitrogen and oxygen atoms in total. The van der Waals surface area contributed by atoms with Crippen molar-refractivity contribution < 1.29 is 15.0 Å². The van der Waals surface area contributed by atoms with Crippen LogP contribution >= 0.6 is 0 Å². The van der Waals surface area contributed by atoms with E-state index in [9.17, 15) is 4.79 Å². The van der Waals surface area contributed by atoms with E-state index in [1.54, 1.807) is 0 Å². The number of carbonyl (C=O) groups is 1. The van der Waals surface area contributed by atoms with E-state index in [0.29, 0.717) is 23.0 Å². The fourth-order valence-corrected chi connectivity index (χ4v) is 6.98. The lowest BCUT2D eigenvalue weighted by Gasteiger charge is -2.55. The van der Waals surface area contributed by atoms with Crippen molar-refractivity contribution >= 4 is 16.7 Å². The predicted octanol–water partition coefficient (Wildman–Crippen LogP) is 1.37. The smallest absolute Gasteiger partial charge is 0.187 e. The number of ketones is 1. The first-order chi connectivity index (χ1) is 9.65. The molecule has 4 aliphatic carbocycles. The van der Waals surface area contributed by atoms with E-state index in [2.05, 4.69) is 0 Å². The molecule has 0 saturated heterocycles. The zero-order valence-corrected chi connectivity index (χ0v) is 13.0. The van der Waals surface area contributed by atoms with Crippen molar-refractivity contribution in [3.63, 3.8) is 0 Å². The second-order valence-corrected chi connectivity index (χ2v) is 9.56. The van der Waals surface area contributed by atoms with E-state index in [4.69, 9.17) is 10.2 Å².